The number of nitrogens with one attached hydrogen (secondary N) is 3. The average Bonchev–Trinajstić information content (AvgIpc) is 2.70. The van der Waals surface area contributed by atoms with Crippen molar-refractivity contribution in [1.82, 2.24) is 0 Å². The van der Waals surface area contributed by atoms with Gasteiger partial charge in [0.05, 0.1) is 33.2 Å². The van der Waals surface area contributed by atoms with Crippen LogP contribution in [0, 0.1) is 0 Å². The van der Waals surface area contributed by atoms with Crippen LogP contribution in [0.25, 0.3) is 0 Å². The first-order valence-electron chi connectivity index (χ1n) is 8.65. The molecule has 0 bridgehead atoms. The van der Waals surface area contributed by atoms with Crippen LogP contribution in [-0.4, -0.2) is 11.9 Å². The van der Waals surface area contributed by atoms with Crippen molar-refractivity contribution >= 4 is 40.6 Å². The molecule has 5 nitrogen and oxygen atoms in total. The Hall–Kier alpha value is -3.52. The van der Waals surface area contributed by atoms with E-state index in [1.165, 1.54) is 24.3 Å². The Labute approximate surface area is 174 Å². The van der Waals surface area contributed by atoms with E-state index in [9.17, 15) is 22.8 Å². The summed E-state index contributed by atoms with van der Waals surface area (Å²) >= 11 is 6.00. The minimum atomic E-state index is -4.68. The third-order valence-electron chi connectivity index (χ3n) is 4.02. The number of amides is 3. The van der Waals surface area contributed by atoms with Gasteiger partial charge in [0.2, 0.25) is 0 Å². The molecule has 0 fully saturated rings. The number of carbonyl (C=O) groups is 2. The summed E-state index contributed by atoms with van der Waals surface area (Å²) in [7, 11) is 0. The Morgan fingerprint density at radius 1 is 0.700 bits per heavy atom. The van der Waals surface area contributed by atoms with Gasteiger partial charge < -0.3 is 16.0 Å². The molecule has 0 aliphatic heterocycles. The standard InChI is InChI=1S/C21H15ClF3N3O2/c22-15-9-3-4-10-16(15)27-20(30)28-18-12-6-5-11-17(18)26-19(29)13-7-1-2-8-14(13)21(23,24)25/h1-12H,(H,26,29)(H2,27,28,30). The monoisotopic (exact) mass is 433 g/mol. The number of hydrogen-bond donors (Lipinski definition) is 3. The van der Waals surface area contributed by atoms with Gasteiger partial charge in [-0.05, 0) is 36.4 Å². The lowest BCUT2D eigenvalue weighted by atomic mass is 10.1. The van der Waals surface area contributed by atoms with Crippen molar-refractivity contribution in [2.24, 2.45) is 0 Å². The summed E-state index contributed by atoms with van der Waals surface area (Å²) in [6.45, 7) is 0. The van der Waals surface area contributed by atoms with Gasteiger partial charge in [-0.2, -0.15) is 13.2 Å². The molecule has 0 saturated heterocycles. The van der Waals surface area contributed by atoms with E-state index >= 15 is 0 Å². The van der Waals surface area contributed by atoms with E-state index in [0.717, 1.165) is 12.1 Å². The summed E-state index contributed by atoms with van der Waals surface area (Å²) in [6, 6.07) is 16.5. The fourth-order valence-corrected chi connectivity index (χ4v) is 2.84. The van der Waals surface area contributed by atoms with Crippen LogP contribution in [0.5, 0.6) is 0 Å². The van der Waals surface area contributed by atoms with Crippen LogP contribution in [0.2, 0.25) is 5.02 Å². The largest absolute Gasteiger partial charge is 0.417 e. The highest BCUT2D eigenvalue weighted by Crippen LogP contribution is 2.32. The van der Waals surface area contributed by atoms with Crippen molar-refractivity contribution in [2.75, 3.05) is 16.0 Å². The molecule has 3 N–H and O–H groups in total. The zero-order chi connectivity index (χ0) is 21.7. The number of rotatable bonds is 4. The van der Waals surface area contributed by atoms with E-state index in [0.29, 0.717) is 10.7 Å². The Kier molecular flexibility index (Phi) is 6.27. The lowest BCUT2D eigenvalue weighted by Crippen LogP contribution is -2.22. The minimum absolute atomic E-state index is 0.133. The Bertz CT molecular complexity index is 1090. The van der Waals surface area contributed by atoms with Gasteiger partial charge in [0.1, 0.15) is 0 Å². The molecule has 0 atom stereocenters. The molecule has 0 spiro atoms. The number of para-hydroxylation sites is 3. The van der Waals surface area contributed by atoms with E-state index in [-0.39, 0.29) is 11.4 Å². The molecule has 3 amide bonds. The Morgan fingerprint density at radius 2 is 1.20 bits per heavy atom. The summed E-state index contributed by atoms with van der Waals surface area (Å²) in [5, 5.41) is 7.84. The second kappa shape index (κ2) is 8.87. The molecule has 30 heavy (non-hydrogen) atoms. The highest BCUT2D eigenvalue weighted by Gasteiger charge is 2.34. The van der Waals surface area contributed by atoms with Gasteiger partial charge in [-0.15, -0.1) is 0 Å². The zero-order valence-electron chi connectivity index (χ0n) is 15.3. The van der Waals surface area contributed by atoms with Crippen molar-refractivity contribution in [2.45, 2.75) is 6.18 Å². The van der Waals surface area contributed by atoms with Gasteiger partial charge in [0, 0.05) is 0 Å². The average molecular weight is 434 g/mol. The normalized spacial score (nSPS) is 10.9. The predicted octanol–water partition coefficient (Wildman–Crippen LogP) is 6.26. The zero-order valence-corrected chi connectivity index (χ0v) is 16.0. The molecule has 0 aliphatic carbocycles. The molecule has 0 saturated carbocycles. The molecule has 3 aromatic rings. The smallest absolute Gasteiger partial charge is 0.320 e. The highest BCUT2D eigenvalue weighted by molar-refractivity contribution is 6.33. The summed E-state index contributed by atoms with van der Waals surface area (Å²) in [4.78, 5) is 24.8. The maximum atomic E-state index is 13.2. The van der Waals surface area contributed by atoms with Crippen LogP contribution in [0.1, 0.15) is 15.9 Å². The maximum Gasteiger partial charge on any atom is 0.417 e. The van der Waals surface area contributed by atoms with E-state index in [1.54, 1.807) is 36.4 Å². The Morgan fingerprint density at radius 3 is 1.83 bits per heavy atom. The molecule has 0 heterocycles. The van der Waals surface area contributed by atoms with Crippen LogP contribution in [0.15, 0.2) is 72.8 Å². The second-order valence-corrected chi connectivity index (χ2v) is 6.51. The van der Waals surface area contributed by atoms with Gasteiger partial charge in [0.15, 0.2) is 0 Å². The van der Waals surface area contributed by atoms with Gasteiger partial charge in [0.25, 0.3) is 5.91 Å². The number of anilines is 3. The molecule has 0 aromatic heterocycles. The minimum Gasteiger partial charge on any atom is -0.320 e. The number of urea groups is 1. The van der Waals surface area contributed by atoms with Crippen molar-refractivity contribution in [3.05, 3.63) is 88.9 Å². The SMILES string of the molecule is O=C(Nc1ccccc1Cl)Nc1ccccc1NC(=O)c1ccccc1C(F)(F)F. The molecule has 0 aliphatic rings. The lowest BCUT2D eigenvalue weighted by molar-refractivity contribution is -0.137. The van der Waals surface area contributed by atoms with Crippen LogP contribution in [-0.2, 0) is 6.18 Å². The van der Waals surface area contributed by atoms with Crippen molar-refractivity contribution in [3.63, 3.8) is 0 Å². The first kappa shape index (κ1) is 21.2. The number of hydrogen-bond acceptors (Lipinski definition) is 2. The van der Waals surface area contributed by atoms with Gasteiger partial charge in [-0.25, -0.2) is 4.79 Å². The summed E-state index contributed by atoms with van der Waals surface area (Å²) in [5.74, 6) is -0.955. The van der Waals surface area contributed by atoms with Gasteiger partial charge in [-0.1, -0.05) is 48.0 Å². The fraction of sp³-hybridized carbons (Fsp3) is 0.0476. The molecule has 0 radical (unpaired) electrons. The summed E-state index contributed by atoms with van der Waals surface area (Å²) < 4.78 is 39.5. The maximum absolute atomic E-state index is 13.2. The number of carbonyl (C=O) groups excluding carboxylic acids is 2. The highest BCUT2D eigenvalue weighted by atomic mass is 35.5. The first-order valence-corrected chi connectivity index (χ1v) is 9.02. The molecular formula is C21H15ClF3N3O2. The van der Waals surface area contributed by atoms with Crippen LogP contribution in [0.3, 0.4) is 0 Å². The number of alkyl halides is 3. The Balaban J connectivity index is 1.79. The summed E-state index contributed by atoms with van der Waals surface area (Å²) in [6.07, 6.45) is -4.68. The number of benzene rings is 3. The van der Waals surface area contributed by atoms with Crippen LogP contribution >= 0.6 is 11.6 Å². The van der Waals surface area contributed by atoms with Crippen molar-refractivity contribution in [1.29, 1.82) is 0 Å². The molecular weight excluding hydrogens is 419 g/mol. The topological polar surface area (TPSA) is 70.2 Å². The molecule has 0 unspecified atom stereocenters. The molecule has 154 valence electrons. The van der Waals surface area contributed by atoms with E-state index < -0.39 is 29.2 Å². The van der Waals surface area contributed by atoms with Gasteiger partial charge in [-0.3, -0.25) is 4.79 Å². The predicted molar refractivity (Wildman–Crippen MR) is 110 cm³/mol. The molecule has 3 aromatic carbocycles. The fourth-order valence-electron chi connectivity index (χ4n) is 2.66. The van der Waals surface area contributed by atoms with E-state index in [2.05, 4.69) is 16.0 Å². The van der Waals surface area contributed by atoms with Crippen LogP contribution in [0.4, 0.5) is 35.0 Å². The van der Waals surface area contributed by atoms with E-state index in [1.807, 2.05) is 0 Å². The van der Waals surface area contributed by atoms with Crippen molar-refractivity contribution in [3.8, 4) is 0 Å². The van der Waals surface area contributed by atoms with Crippen molar-refractivity contribution < 1.29 is 22.8 Å². The number of halogens is 4. The first-order chi connectivity index (χ1) is 14.3. The van der Waals surface area contributed by atoms with E-state index in [4.69, 9.17) is 11.6 Å². The lowest BCUT2D eigenvalue weighted by Gasteiger charge is -2.15. The quantitative estimate of drug-likeness (QED) is 0.454. The third-order valence-corrected chi connectivity index (χ3v) is 4.35. The van der Waals surface area contributed by atoms with Gasteiger partial charge >= 0.3 is 12.2 Å². The second-order valence-electron chi connectivity index (χ2n) is 6.10. The summed E-state index contributed by atoms with van der Waals surface area (Å²) in [5.41, 5.74) is -0.879. The third kappa shape index (κ3) is 5.09. The molecule has 9 heteroatoms. The van der Waals surface area contributed by atoms with Crippen LogP contribution < -0.4 is 16.0 Å². The molecule has 3 rings (SSSR count).